The fourth-order valence-electron chi connectivity index (χ4n) is 0.849. The molecule has 0 aliphatic carbocycles. The van der Waals surface area contributed by atoms with Gasteiger partial charge in [-0.05, 0) is 24.3 Å². The lowest BCUT2D eigenvalue weighted by Gasteiger charge is -2.00. The summed E-state index contributed by atoms with van der Waals surface area (Å²) in [6.45, 7) is 0. The topological polar surface area (TPSA) is 38.4 Å². The minimum absolute atomic E-state index is 0.406. The highest BCUT2D eigenvalue weighted by Crippen LogP contribution is 2.12. The van der Waals surface area contributed by atoms with Gasteiger partial charge in [0, 0.05) is 16.1 Å². The number of hydrogen-bond donors (Lipinski definition) is 1. The summed E-state index contributed by atoms with van der Waals surface area (Å²) in [7, 11) is 2.37. The Morgan fingerprint density at radius 3 is 2.43 bits per heavy atom. The molecule has 2 N–H and O–H groups in total. The Hall–Kier alpha value is -0.560. The van der Waals surface area contributed by atoms with Crippen LogP contribution in [0.4, 0.5) is 0 Å². The zero-order valence-electron chi connectivity index (χ0n) is 7.24. The first-order valence-electron chi connectivity index (χ1n) is 3.79. The molecule has 1 aromatic carbocycles. The molecule has 0 bridgehead atoms. The number of aliphatic imine (C=N–C) groups is 1. The van der Waals surface area contributed by atoms with E-state index in [1.54, 1.807) is 24.3 Å². The molecule has 0 fully saturated rings. The molecule has 2 nitrogen and oxygen atoms in total. The highest BCUT2D eigenvalue weighted by Gasteiger charge is 1.97. The maximum Gasteiger partial charge on any atom is 0.131 e. The van der Waals surface area contributed by atoms with Gasteiger partial charge in [0.1, 0.15) is 5.84 Å². The van der Waals surface area contributed by atoms with E-state index < -0.39 is 0 Å². The number of nitrogens with zero attached hydrogens (tertiary/aromatic N) is 1. The fraction of sp³-hybridized carbons (Fsp3) is 0. The van der Waals surface area contributed by atoms with E-state index in [1.807, 2.05) is 0 Å². The van der Waals surface area contributed by atoms with E-state index in [0.29, 0.717) is 16.3 Å². The van der Waals surface area contributed by atoms with E-state index in [0.717, 1.165) is 5.56 Å². The van der Waals surface area contributed by atoms with Crippen molar-refractivity contribution in [2.45, 2.75) is 0 Å². The number of amidine groups is 1. The number of rotatable bonds is 2. The molecule has 0 saturated carbocycles. The van der Waals surface area contributed by atoms with Crippen LogP contribution in [0.3, 0.4) is 0 Å². The first-order valence-corrected chi connectivity index (χ1v) is 5.18. The summed E-state index contributed by atoms with van der Waals surface area (Å²) >= 11 is 11.2. The normalized spacial score (nSPS) is 13.1. The molecule has 0 aromatic heterocycles. The molecule has 0 saturated heterocycles. The summed E-state index contributed by atoms with van der Waals surface area (Å²) in [6, 6.07) is 7.11. The predicted octanol–water partition coefficient (Wildman–Crippen LogP) is 2.96. The van der Waals surface area contributed by atoms with Crippen molar-refractivity contribution < 1.29 is 0 Å². The second-order valence-corrected chi connectivity index (χ2v) is 3.78. The average Bonchev–Trinajstić information content (AvgIpc) is 2.18. The average molecular weight is 247 g/mol. The Morgan fingerprint density at radius 2 is 1.93 bits per heavy atom. The third kappa shape index (κ3) is 3.30. The maximum absolute atomic E-state index is 5.73. The Labute approximate surface area is 95.0 Å². The Morgan fingerprint density at radius 1 is 1.36 bits per heavy atom. The molecule has 0 heterocycles. The molecule has 1 aromatic rings. The van der Waals surface area contributed by atoms with Crippen LogP contribution in [0.5, 0.6) is 0 Å². The zero-order chi connectivity index (χ0) is 10.6. The lowest BCUT2D eigenvalue weighted by atomic mass is 10.2. The van der Waals surface area contributed by atoms with Crippen molar-refractivity contribution in [1.29, 1.82) is 0 Å². The van der Waals surface area contributed by atoms with Crippen molar-refractivity contribution in [2.24, 2.45) is 10.7 Å². The second-order valence-electron chi connectivity index (χ2n) is 2.54. The van der Waals surface area contributed by atoms with Crippen molar-refractivity contribution in [2.75, 3.05) is 0 Å². The van der Waals surface area contributed by atoms with Gasteiger partial charge in [0.2, 0.25) is 0 Å². The van der Waals surface area contributed by atoms with Gasteiger partial charge in [-0.1, -0.05) is 32.4 Å². The van der Waals surface area contributed by atoms with Gasteiger partial charge in [-0.25, -0.2) is 4.99 Å². The van der Waals surface area contributed by atoms with Crippen molar-refractivity contribution in [3.8, 4) is 0 Å². The standard InChI is InChI=1S/C9H9Cl2N2P/c10-5-8(14)13-9(12)6-1-3-7(11)4-2-6/h1-5H,14H2,(H2,12,13)/b8-5+. The minimum atomic E-state index is 0.406. The fourth-order valence-corrected chi connectivity index (χ4v) is 1.16. The summed E-state index contributed by atoms with van der Waals surface area (Å²) in [5.41, 5.74) is 8.45. The van der Waals surface area contributed by atoms with E-state index in [2.05, 4.69) is 14.2 Å². The summed E-state index contributed by atoms with van der Waals surface area (Å²) in [5, 5.41) is 0.667. The lowest BCUT2D eigenvalue weighted by molar-refractivity contribution is 1.45. The summed E-state index contributed by atoms with van der Waals surface area (Å²) < 4.78 is 0. The SMILES string of the molecule is NC(=N/C(P)=C\Cl)c1ccc(Cl)cc1. The smallest absolute Gasteiger partial charge is 0.131 e. The third-order valence-corrected chi connectivity index (χ3v) is 2.48. The van der Waals surface area contributed by atoms with Gasteiger partial charge >= 0.3 is 0 Å². The van der Waals surface area contributed by atoms with Crippen LogP contribution in [0.15, 0.2) is 40.2 Å². The van der Waals surface area contributed by atoms with E-state index in [4.69, 9.17) is 28.9 Å². The first kappa shape index (κ1) is 11.5. The van der Waals surface area contributed by atoms with Gasteiger partial charge in [-0.3, -0.25) is 0 Å². The van der Waals surface area contributed by atoms with Gasteiger partial charge in [0.15, 0.2) is 0 Å². The summed E-state index contributed by atoms with van der Waals surface area (Å²) in [4.78, 5) is 4.04. The molecule has 1 rings (SSSR count). The minimum Gasteiger partial charge on any atom is -0.383 e. The Kier molecular flexibility index (Phi) is 4.40. The van der Waals surface area contributed by atoms with Crippen LogP contribution in [-0.2, 0) is 0 Å². The molecular weight excluding hydrogens is 238 g/mol. The van der Waals surface area contributed by atoms with Gasteiger partial charge in [-0.2, -0.15) is 0 Å². The zero-order valence-corrected chi connectivity index (χ0v) is 9.91. The van der Waals surface area contributed by atoms with Crippen molar-refractivity contribution in [1.82, 2.24) is 0 Å². The quantitative estimate of drug-likeness (QED) is 0.487. The number of nitrogens with two attached hydrogens (primary N) is 1. The van der Waals surface area contributed by atoms with Crippen LogP contribution in [0.2, 0.25) is 5.02 Å². The van der Waals surface area contributed by atoms with Crippen LogP contribution < -0.4 is 5.73 Å². The van der Waals surface area contributed by atoms with Gasteiger partial charge in [-0.15, -0.1) is 0 Å². The monoisotopic (exact) mass is 246 g/mol. The van der Waals surface area contributed by atoms with Crippen molar-refractivity contribution >= 4 is 38.3 Å². The van der Waals surface area contributed by atoms with Crippen LogP contribution in [0.25, 0.3) is 0 Å². The van der Waals surface area contributed by atoms with Crippen LogP contribution >= 0.6 is 32.4 Å². The summed E-state index contributed by atoms with van der Waals surface area (Å²) in [5.74, 6) is 0.406. The highest BCUT2D eigenvalue weighted by molar-refractivity contribution is 7.22. The van der Waals surface area contributed by atoms with E-state index in [1.165, 1.54) is 5.54 Å². The third-order valence-electron chi connectivity index (χ3n) is 1.50. The maximum atomic E-state index is 5.73. The van der Waals surface area contributed by atoms with Crippen LogP contribution in [-0.4, -0.2) is 5.84 Å². The number of halogens is 2. The molecule has 0 aliphatic heterocycles. The van der Waals surface area contributed by atoms with Crippen LogP contribution in [0, 0.1) is 0 Å². The largest absolute Gasteiger partial charge is 0.383 e. The molecule has 0 aliphatic rings. The molecule has 0 radical (unpaired) electrons. The molecule has 5 heteroatoms. The molecule has 0 spiro atoms. The first-order chi connectivity index (χ1) is 6.63. The number of hydrogen-bond acceptors (Lipinski definition) is 1. The molecule has 1 atom stereocenters. The molecule has 74 valence electrons. The second kappa shape index (κ2) is 5.35. The summed E-state index contributed by atoms with van der Waals surface area (Å²) in [6.07, 6.45) is 0. The van der Waals surface area contributed by atoms with Crippen molar-refractivity contribution in [3.05, 3.63) is 45.8 Å². The van der Waals surface area contributed by atoms with E-state index in [9.17, 15) is 0 Å². The lowest BCUT2D eigenvalue weighted by Crippen LogP contribution is -2.12. The van der Waals surface area contributed by atoms with Crippen LogP contribution in [0.1, 0.15) is 5.56 Å². The van der Waals surface area contributed by atoms with E-state index >= 15 is 0 Å². The number of benzene rings is 1. The molecular formula is C9H9Cl2N2P. The van der Waals surface area contributed by atoms with Gasteiger partial charge in [0.25, 0.3) is 0 Å². The van der Waals surface area contributed by atoms with Gasteiger partial charge in [0.05, 0.1) is 5.44 Å². The molecule has 0 amide bonds. The predicted molar refractivity (Wildman–Crippen MR) is 65.8 cm³/mol. The molecule has 1 unspecified atom stereocenters. The van der Waals surface area contributed by atoms with Gasteiger partial charge < -0.3 is 5.73 Å². The van der Waals surface area contributed by atoms with Crippen molar-refractivity contribution in [3.63, 3.8) is 0 Å². The molecule has 14 heavy (non-hydrogen) atoms. The Bertz CT molecular complexity index is 371. The highest BCUT2D eigenvalue weighted by atomic mass is 35.5. The van der Waals surface area contributed by atoms with E-state index in [-0.39, 0.29) is 0 Å². The Balaban J connectivity index is 2.95.